The van der Waals surface area contributed by atoms with Crippen LogP contribution in [0.15, 0.2) is 24.3 Å². The van der Waals surface area contributed by atoms with Crippen LogP contribution in [-0.2, 0) is 4.79 Å². The molecule has 6 nitrogen and oxygen atoms in total. The minimum Gasteiger partial charge on any atom is -0.368 e. The maximum atomic E-state index is 13.0. The SMILES string of the molecule is Cc1nn(-c2ccc(F)cc2)c(Cl)c1C(=O)N(C)CC(N)=O. The molecular weight excluding hydrogens is 311 g/mol. The number of primary amides is 1. The highest BCUT2D eigenvalue weighted by Gasteiger charge is 2.24. The predicted molar refractivity (Wildman–Crippen MR) is 79.4 cm³/mol. The van der Waals surface area contributed by atoms with Gasteiger partial charge in [-0.05, 0) is 31.2 Å². The highest BCUT2D eigenvalue weighted by atomic mass is 35.5. The molecule has 2 rings (SSSR count). The van der Waals surface area contributed by atoms with Crippen molar-refractivity contribution in [2.45, 2.75) is 6.92 Å². The van der Waals surface area contributed by atoms with E-state index in [1.807, 2.05) is 0 Å². The van der Waals surface area contributed by atoms with Crippen LogP contribution < -0.4 is 5.73 Å². The Hall–Kier alpha value is -2.41. The van der Waals surface area contributed by atoms with Gasteiger partial charge in [0.1, 0.15) is 11.0 Å². The largest absolute Gasteiger partial charge is 0.368 e. The third kappa shape index (κ3) is 3.09. The normalized spacial score (nSPS) is 10.5. The van der Waals surface area contributed by atoms with Crippen molar-refractivity contribution in [1.82, 2.24) is 14.7 Å². The first-order valence-corrected chi connectivity index (χ1v) is 6.74. The third-order valence-corrected chi connectivity index (χ3v) is 3.38. The van der Waals surface area contributed by atoms with Crippen LogP contribution in [0.3, 0.4) is 0 Å². The molecule has 2 N–H and O–H groups in total. The second-order valence-electron chi connectivity index (χ2n) is 4.77. The lowest BCUT2D eigenvalue weighted by Crippen LogP contribution is -2.35. The molecule has 0 saturated heterocycles. The Morgan fingerprint density at radius 1 is 1.36 bits per heavy atom. The molecule has 0 bridgehead atoms. The van der Waals surface area contributed by atoms with Gasteiger partial charge in [0.25, 0.3) is 5.91 Å². The van der Waals surface area contributed by atoms with Gasteiger partial charge in [-0.25, -0.2) is 9.07 Å². The van der Waals surface area contributed by atoms with Gasteiger partial charge in [-0.2, -0.15) is 5.10 Å². The van der Waals surface area contributed by atoms with Crippen molar-refractivity contribution < 1.29 is 14.0 Å². The number of aromatic nitrogens is 2. The Balaban J connectivity index is 2.41. The molecule has 0 aliphatic heterocycles. The predicted octanol–water partition coefficient (Wildman–Crippen LogP) is 1.53. The third-order valence-electron chi connectivity index (χ3n) is 3.03. The second-order valence-corrected chi connectivity index (χ2v) is 5.12. The van der Waals surface area contributed by atoms with Crippen LogP contribution >= 0.6 is 11.6 Å². The van der Waals surface area contributed by atoms with E-state index in [9.17, 15) is 14.0 Å². The quantitative estimate of drug-likeness (QED) is 0.926. The summed E-state index contributed by atoms with van der Waals surface area (Å²) < 4.78 is 14.3. The number of carbonyl (C=O) groups excluding carboxylic acids is 2. The van der Waals surface area contributed by atoms with E-state index >= 15 is 0 Å². The Kier molecular flexibility index (Phi) is 4.46. The zero-order valence-electron chi connectivity index (χ0n) is 12.0. The van der Waals surface area contributed by atoms with E-state index in [1.165, 1.54) is 36.0 Å². The van der Waals surface area contributed by atoms with Gasteiger partial charge in [-0.15, -0.1) is 0 Å². The van der Waals surface area contributed by atoms with E-state index in [2.05, 4.69) is 5.10 Å². The molecule has 1 aromatic carbocycles. The van der Waals surface area contributed by atoms with Crippen molar-refractivity contribution in [2.24, 2.45) is 5.73 Å². The standard InChI is InChI=1S/C14H14ClFN4O2/c1-8-12(14(22)19(2)7-11(17)21)13(15)20(18-8)10-5-3-9(16)4-6-10/h3-6H,7H2,1-2H3,(H2,17,21). The highest BCUT2D eigenvalue weighted by Crippen LogP contribution is 2.24. The molecule has 2 amide bonds. The number of benzene rings is 1. The van der Waals surface area contributed by atoms with Gasteiger partial charge >= 0.3 is 0 Å². The Morgan fingerprint density at radius 3 is 2.50 bits per heavy atom. The molecule has 0 aliphatic carbocycles. The van der Waals surface area contributed by atoms with Crippen molar-refractivity contribution in [1.29, 1.82) is 0 Å². The molecule has 1 heterocycles. The Labute approximate surface area is 131 Å². The molecule has 2 aromatic rings. The summed E-state index contributed by atoms with van der Waals surface area (Å²) in [5, 5.41) is 4.28. The first kappa shape index (κ1) is 16.0. The summed E-state index contributed by atoms with van der Waals surface area (Å²) in [5.74, 6) is -1.48. The minimum absolute atomic E-state index is 0.0884. The number of rotatable bonds is 4. The molecule has 8 heteroatoms. The van der Waals surface area contributed by atoms with Gasteiger partial charge in [0, 0.05) is 7.05 Å². The fourth-order valence-corrected chi connectivity index (χ4v) is 2.34. The maximum absolute atomic E-state index is 13.0. The molecule has 1 aromatic heterocycles. The summed E-state index contributed by atoms with van der Waals surface area (Å²) in [7, 11) is 1.44. The molecule has 0 radical (unpaired) electrons. The van der Waals surface area contributed by atoms with Crippen molar-refractivity contribution in [3.8, 4) is 5.69 Å². The van der Waals surface area contributed by atoms with Crippen molar-refractivity contribution >= 4 is 23.4 Å². The zero-order valence-corrected chi connectivity index (χ0v) is 12.8. The van der Waals surface area contributed by atoms with E-state index < -0.39 is 11.8 Å². The summed E-state index contributed by atoms with van der Waals surface area (Å²) in [6.07, 6.45) is 0. The number of nitrogens with two attached hydrogens (primary N) is 1. The fourth-order valence-electron chi connectivity index (χ4n) is 1.99. The fraction of sp³-hybridized carbons (Fsp3) is 0.214. The van der Waals surface area contributed by atoms with Gasteiger partial charge in [-0.1, -0.05) is 11.6 Å². The van der Waals surface area contributed by atoms with Crippen LogP contribution in [0.5, 0.6) is 0 Å². The lowest BCUT2D eigenvalue weighted by atomic mass is 10.2. The van der Waals surface area contributed by atoms with Crippen LogP contribution in [0.1, 0.15) is 16.1 Å². The second kappa shape index (κ2) is 6.15. The number of hydrogen-bond donors (Lipinski definition) is 1. The Morgan fingerprint density at radius 2 is 1.95 bits per heavy atom. The number of halogens is 2. The lowest BCUT2D eigenvalue weighted by Gasteiger charge is -2.14. The number of amides is 2. The molecule has 0 saturated carbocycles. The first-order valence-electron chi connectivity index (χ1n) is 6.36. The summed E-state index contributed by atoms with van der Waals surface area (Å²) in [6.45, 7) is 1.40. The van der Waals surface area contributed by atoms with Crippen molar-refractivity contribution in [2.75, 3.05) is 13.6 Å². The molecule has 0 unspecified atom stereocenters. The molecule has 0 spiro atoms. The number of hydrogen-bond acceptors (Lipinski definition) is 3. The minimum atomic E-state index is -0.629. The van der Waals surface area contributed by atoms with Gasteiger partial charge in [0.2, 0.25) is 5.91 Å². The molecule has 0 fully saturated rings. The Bertz CT molecular complexity index is 727. The molecule has 22 heavy (non-hydrogen) atoms. The monoisotopic (exact) mass is 324 g/mol. The van der Waals surface area contributed by atoms with Gasteiger partial charge in [-0.3, -0.25) is 9.59 Å². The summed E-state index contributed by atoms with van der Waals surface area (Å²) in [5.41, 5.74) is 6.17. The molecular formula is C14H14ClFN4O2. The first-order chi connectivity index (χ1) is 10.3. The molecule has 116 valence electrons. The van der Waals surface area contributed by atoms with Crippen LogP contribution in [0.4, 0.5) is 4.39 Å². The number of likely N-dealkylation sites (N-methyl/N-ethyl adjacent to an activating group) is 1. The molecule has 0 aliphatic rings. The maximum Gasteiger partial charge on any atom is 0.259 e. The number of nitrogens with zero attached hydrogens (tertiary/aromatic N) is 3. The topological polar surface area (TPSA) is 81.2 Å². The number of aryl methyl sites for hydroxylation is 1. The van der Waals surface area contributed by atoms with Crippen LogP contribution in [0.2, 0.25) is 5.15 Å². The van der Waals surface area contributed by atoms with E-state index in [0.29, 0.717) is 11.4 Å². The van der Waals surface area contributed by atoms with Crippen LogP contribution in [0.25, 0.3) is 5.69 Å². The average Bonchev–Trinajstić information content (AvgIpc) is 2.73. The average molecular weight is 325 g/mol. The van der Waals surface area contributed by atoms with E-state index in [1.54, 1.807) is 6.92 Å². The van der Waals surface area contributed by atoms with Gasteiger partial charge < -0.3 is 10.6 Å². The van der Waals surface area contributed by atoms with Crippen LogP contribution in [-0.4, -0.2) is 40.1 Å². The summed E-state index contributed by atoms with van der Waals surface area (Å²) in [4.78, 5) is 24.4. The van der Waals surface area contributed by atoms with E-state index in [-0.39, 0.29) is 23.1 Å². The lowest BCUT2D eigenvalue weighted by molar-refractivity contribution is -0.118. The van der Waals surface area contributed by atoms with E-state index in [4.69, 9.17) is 17.3 Å². The van der Waals surface area contributed by atoms with Crippen LogP contribution in [0, 0.1) is 12.7 Å². The highest BCUT2D eigenvalue weighted by molar-refractivity contribution is 6.33. The zero-order chi connectivity index (χ0) is 16.4. The molecule has 0 atom stereocenters. The van der Waals surface area contributed by atoms with Crippen molar-refractivity contribution in [3.05, 3.63) is 46.5 Å². The van der Waals surface area contributed by atoms with Gasteiger partial charge in [0.05, 0.1) is 23.5 Å². The summed E-state index contributed by atoms with van der Waals surface area (Å²) in [6, 6.07) is 5.52. The van der Waals surface area contributed by atoms with Gasteiger partial charge in [0.15, 0.2) is 0 Å². The number of carbonyl (C=O) groups is 2. The smallest absolute Gasteiger partial charge is 0.259 e. The van der Waals surface area contributed by atoms with E-state index in [0.717, 1.165) is 4.90 Å². The summed E-state index contributed by atoms with van der Waals surface area (Å²) >= 11 is 6.22. The van der Waals surface area contributed by atoms with Crippen molar-refractivity contribution in [3.63, 3.8) is 0 Å².